The van der Waals surface area contributed by atoms with Gasteiger partial charge in [-0.1, -0.05) is 30.3 Å². The van der Waals surface area contributed by atoms with Gasteiger partial charge >= 0.3 is 10.2 Å². The lowest BCUT2D eigenvalue weighted by Crippen LogP contribution is -2.29. The van der Waals surface area contributed by atoms with Crippen LogP contribution >= 0.6 is 0 Å². The lowest BCUT2D eigenvalue weighted by atomic mass is 10.2. The van der Waals surface area contributed by atoms with Crippen molar-refractivity contribution in [2.75, 3.05) is 6.54 Å². The van der Waals surface area contributed by atoms with Gasteiger partial charge in [-0.25, -0.2) is 8.42 Å². The summed E-state index contributed by atoms with van der Waals surface area (Å²) in [6, 6.07) is 9.08. The predicted molar refractivity (Wildman–Crippen MR) is 73.0 cm³/mol. The summed E-state index contributed by atoms with van der Waals surface area (Å²) >= 11 is 0. The van der Waals surface area contributed by atoms with E-state index in [9.17, 15) is 8.42 Å². The molecule has 7 heteroatoms. The van der Waals surface area contributed by atoms with Crippen LogP contribution in [0, 0.1) is 12.3 Å². The van der Waals surface area contributed by atoms with E-state index in [1.165, 1.54) is 0 Å². The third-order valence-electron chi connectivity index (χ3n) is 2.40. The van der Waals surface area contributed by atoms with Crippen LogP contribution in [0.2, 0.25) is 0 Å². The molecule has 0 amide bonds. The molecular formula is C12H14N4O2S. The fourth-order valence-corrected chi connectivity index (χ4v) is 2.39. The monoisotopic (exact) mass is 278 g/mol. The highest BCUT2D eigenvalue weighted by Gasteiger charge is 2.20. The summed E-state index contributed by atoms with van der Waals surface area (Å²) in [6.07, 6.45) is 6.12. The maximum Gasteiger partial charge on any atom is 0.302 e. The first-order chi connectivity index (χ1) is 9.10. The van der Waals surface area contributed by atoms with Crippen LogP contribution in [0.5, 0.6) is 0 Å². The summed E-state index contributed by atoms with van der Waals surface area (Å²) in [4.78, 5) is 2.35. The Bertz CT molecular complexity index is 586. The third kappa shape index (κ3) is 5.02. The van der Waals surface area contributed by atoms with Gasteiger partial charge in [-0.15, -0.1) is 12.3 Å². The summed E-state index contributed by atoms with van der Waals surface area (Å²) in [5, 5.41) is 0. The van der Waals surface area contributed by atoms with Gasteiger partial charge in [-0.2, -0.15) is 4.31 Å². The van der Waals surface area contributed by atoms with Gasteiger partial charge in [0.1, 0.15) is 0 Å². The van der Waals surface area contributed by atoms with Crippen molar-refractivity contribution in [2.24, 2.45) is 4.52 Å². The molecule has 0 aliphatic carbocycles. The highest BCUT2D eigenvalue weighted by atomic mass is 32.2. The summed E-state index contributed by atoms with van der Waals surface area (Å²) in [7, 11) is -3.98. The molecule has 0 saturated heterocycles. The second-order valence-corrected chi connectivity index (χ2v) is 5.35. The van der Waals surface area contributed by atoms with E-state index < -0.39 is 10.2 Å². The number of nitrogens with zero attached hydrogens (tertiary/aromatic N) is 4. The fraction of sp³-hybridized carbons (Fsp3) is 0.333. The number of rotatable bonds is 7. The Labute approximate surface area is 112 Å². The van der Waals surface area contributed by atoms with Crippen LogP contribution in [0.15, 0.2) is 34.9 Å². The zero-order valence-corrected chi connectivity index (χ0v) is 11.1. The number of terminal acetylenes is 1. The zero-order chi connectivity index (χ0) is 14.1. The number of hydrogen-bond acceptors (Lipinski definition) is 2. The molecule has 0 unspecified atom stereocenters. The van der Waals surface area contributed by atoms with Gasteiger partial charge in [0.05, 0.1) is 0 Å². The maximum absolute atomic E-state index is 11.8. The minimum Gasteiger partial charge on any atom is -0.204 e. The number of azide groups is 1. The van der Waals surface area contributed by atoms with Gasteiger partial charge in [0.2, 0.25) is 0 Å². The second-order valence-electron chi connectivity index (χ2n) is 3.78. The molecule has 0 bridgehead atoms. The molecule has 1 aromatic carbocycles. The summed E-state index contributed by atoms with van der Waals surface area (Å²) in [5.41, 5.74) is 9.13. The largest absolute Gasteiger partial charge is 0.302 e. The molecule has 0 aliphatic heterocycles. The normalized spacial score (nSPS) is 10.7. The lowest BCUT2D eigenvalue weighted by molar-refractivity contribution is 0.402. The summed E-state index contributed by atoms with van der Waals surface area (Å²) in [5.74, 6) is 2.45. The highest BCUT2D eigenvalue weighted by molar-refractivity contribution is 7.87. The minimum atomic E-state index is -3.98. The fourth-order valence-electron chi connectivity index (χ4n) is 1.52. The Hall–Kier alpha value is -2.00. The molecule has 1 aromatic rings. The van der Waals surface area contributed by atoms with E-state index >= 15 is 0 Å². The molecule has 0 heterocycles. The van der Waals surface area contributed by atoms with E-state index in [4.69, 9.17) is 12.0 Å². The van der Waals surface area contributed by atoms with Crippen molar-refractivity contribution in [3.05, 3.63) is 46.3 Å². The van der Waals surface area contributed by atoms with Crippen molar-refractivity contribution in [1.82, 2.24) is 4.31 Å². The van der Waals surface area contributed by atoms with Crippen LogP contribution in [-0.4, -0.2) is 19.3 Å². The van der Waals surface area contributed by atoms with Crippen molar-refractivity contribution >= 4 is 10.2 Å². The molecule has 0 N–H and O–H groups in total. The van der Waals surface area contributed by atoms with Crippen molar-refractivity contribution < 1.29 is 8.42 Å². The van der Waals surface area contributed by atoms with Crippen molar-refractivity contribution in [3.8, 4) is 12.3 Å². The van der Waals surface area contributed by atoms with E-state index in [2.05, 4.69) is 15.4 Å². The van der Waals surface area contributed by atoms with E-state index in [0.717, 1.165) is 9.87 Å². The van der Waals surface area contributed by atoms with Gasteiger partial charge in [-0.05, 0) is 17.5 Å². The summed E-state index contributed by atoms with van der Waals surface area (Å²) in [6.45, 7) is 0.382. The van der Waals surface area contributed by atoms with Gasteiger partial charge in [0, 0.05) is 28.9 Å². The Morgan fingerprint density at radius 3 is 2.63 bits per heavy atom. The molecule has 0 fully saturated rings. The van der Waals surface area contributed by atoms with Crippen LogP contribution in [0.1, 0.15) is 18.4 Å². The average Bonchev–Trinajstić information content (AvgIpc) is 2.39. The van der Waals surface area contributed by atoms with Crippen molar-refractivity contribution in [3.63, 3.8) is 0 Å². The Morgan fingerprint density at radius 1 is 1.37 bits per heavy atom. The molecule has 0 atom stereocenters. The molecule has 100 valence electrons. The van der Waals surface area contributed by atoms with E-state index in [1.807, 2.05) is 18.2 Å². The Morgan fingerprint density at radius 2 is 2.05 bits per heavy atom. The number of hydrogen-bond donors (Lipinski definition) is 0. The average molecular weight is 278 g/mol. The van der Waals surface area contributed by atoms with Crippen LogP contribution in [0.25, 0.3) is 10.4 Å². The van der Waals surface area contributed by atoms with Crippen LogP contribution in [-0.2, 0) is 16.8 Å². The molecule has 6 nitrogen and oxygen atoms in total. The number of unbranched alkanes of at least 4 members (excludes halogenated alkanes) is 1. The molecule has 0 saturated carbocycles. The molecule has 0 aromatic heterocycles. The minimum absolute atomic E-state index is 0.159. The first kappa shape index (κ1) is 15.1. The van der Waals surface area contributed by atoms with Crippen LogP contribution in [0.3, 0.4) is 0 Å². The first-order valence-corrected chi connectivity index (χ1v) is 7.03. The zero-order valence-electron chi connectivity index (χ0n) is 10.3. The SMILES string of the molecule is C#CCCCN(Cc1ccccc1)S(=O)(=O)N=[N+]=[N-]. The Balaban J connectivity index is 2.87. The van der Waals surface area contributed by atoms with Gasteiger partial charge in [0.15, 0.2) is 0 Å². The molecular weight excluding hydrogens is 264 g/mol. The molecule has 1 rings (SSSR count). The molecule has 19 heavy (non-hydrogen) atoms. The third-order valence-corrected chi connectivity index (χ3v) is 3.64. The highest BCUT2D eigenvalue weighted by Crippen LogP contribution is 2.12. The number of benzene rings is 1. The molecule has 0 spiro atoms. The van der Waals surface area contributed by atoms with Crippen molar-refractivity contribution in [1.29, 1.82) is 0 Å². The molecule has 0 radical (unpaired) electrons. The first-order valence-electron chi connectivity index (χ1n) is 5.64. The van der Waals surface area contributed by atoms with Gasteiger partial charge in [-0.3, -0.25) is 0 Å². The van der Waals surface area contributed by atoms with E-state index in [1.54, 1.807) is 12.1 Å². The smallest absolute Gasteiger partial charge is 0.204 e. The van der Waals surface area contributed by atoms with Gasteiger partial charge < -0.3 is 0 Å². The quantitative estimate of drug-likeness (QED) is 0.252. The second kappa shape index (κ2) is 7.44. The maximum atomic E-state index is 11.8. The molecule has 0 aliphatic rings. The van der Waals surface area contributed by atoms with Gasteiger partial charge in [0.25, 0.3) is 0 Å². The van der Waals surface area contributed by atoms with Crippen molar-refractivity contribution in [2.45, 2.75) is 19.4 Å². The van der Waals surface area contributed by atoms with E-state index in [0.29, 0.717) is 12.8 Å². The van der Waals surface area contributed by atoms with Crippen LogP contribution < -0.4 is 0 Å². The predicted octanol–water partition coefficient (Wildman–Crippen LogP) is 2.46. The topological polar surface area (TPSA) is 86.1 Å². The summed E-state index contributed by atoms with van der Waals surface area (Å²) < 4.78 is 27.5. The van der Waals surface area contributed by atoms with E-state index in [-0.39, 0.29) is 13.1 Å². The lowest BCUT2D eigenvalue weighted by Gasteiger charge is -2.18. The Kier molecular flexibility index (Phi) is 5.90. The van der Waals surface area contributed by atoms with Crippen LogP contribution in [0.4, 0.5) is 0 Å². The standard InChI is InChI=1S/C12H14N4O2S/c1-2-3-7-10-16(19(17,18)15-14-13)11-12-8-5-4-6-9-12/h1,4-6,8-9H,3,7,10-11H2.